The smallest absolute Gasteiger partial charge is 0.276 e. The Morgan fingerprint density at radius 2 is 1.85 bits per heavy atom. The van der Waals surface area contributed by atoms with E-state index in [9.17, 15) is 13.2 Å². The Bertz CT molecular complexity index is 1240. The third kappa shape index (κ3) is 3.17. The van der Waals surface area contributed by atoms with E-state index in [0.717, 1.165) is 11.9 Å². The van der Waals surface area contributed by atoms with Gasteiger partial charge in [0.25, 0.3) is 5.91 Å². The number of carbonyl (C=O) groups excluding carboxylic acids is 1. The van der Waals surface area contributed by atoms with Gasteiger partial charge in [0.05, 0.1) is 11.2 Å². The van der Waals surface area contributed by atoms with Crippen LogP contribution >= 0.6 is 0 Å². The molecule has 27 heavy (non-hydrogen) atoms. The number of nitrogens with zero attached hydrogens (tertiary/aromatic N) is 5. The number of aromatic nitrogens is 5. The Labute approximate surface area is 154 Å². The first kappa shape index (κ1) is 16.9. The second-order valence-electron chi connectivity index (χ2n) is 5.84. The lowest BCUT2D eigenvalue weighted by Gasteiger charge is -2.06. The van der Waals surface area contributed by atoms with Crippen molar-refractivity contribution in [3.63, 3.8) is 0 Å². The van der Waals surface area contributed by atoms with Crippen molar-refractivity contribution in [1.82, 2.24) is 24.1 Å². The van der Waals surface area contributed by atoms with Gasteiger partial charge in [-0.1, -0.05) is 12.1 Å². The number of rotatable bonds is 4. The van der Waals surface area contributed by atoms with Crippen LogP contribution in [-0.2, 0) is 9.84 Å². The van der Waals surface area contributed by atoms with Crippen LogP contribution in [0.4, 0.5) is 5.69 Å². The molecule has 0 radical (unpaired) electrons. The van der Waals surface area contributed by atoms with E-state index in [-0.39, 0.29) is 10.9 Å². The molecule has 4 rings (SSSR count). The van der Waals surface area contributed by atoms with Gasteiger partial charge < -0.3 is 5.32 Å². The number of hydrogen-bond donors (Lipinski definition) is 1. The molecule has 10 heteroatoms. The highest BCUT2D eigenvalue weighted by molar-refractivity contribution is 7.90. The predicted molar refractivity (Wildman–Crippen MR) is 97.6 cm³/mol. The highest BCUT2D eigenvalue weighted by Gasteiger charge is 2.22. The van der Waals surface area contributed by atoms with Crippen LogP contribution in [0, 0.1) is 0 Å². The molecule has 0 aliphatic rings. The van der Waals surface area contributed by atoms with Gasteiger partial charge in [-0.05, 0) is 30.3 Å². The lowest BCUT2D eigenvalue weighted by atomic mass is 10.2. The zero-order valence-electron chi connectivity index (χ0n) is 14.1. The fourth-order valence-corrected chi connectivity index (χ4v) is 3.48. The summed E-state index contributed by atoms with van der Waals surface area (Å²) in [4.78, 5) is 16.8. The number of carbonyl (C=O) groups is 1. The SMILES string of the molecule is CS(=O)(=O)c1nc(C(=O)Nc2cccc(-n3cnnc3)c2)c2ccccn12. The first-order valence-corrected chi connectivity index (χ1v) is 9.76. The monoisotopic (exact) mass is 382 g/mol. The average Bonchev–Trinajstić information content (AvgIpc) is 3.29. The Kier molecular flexibility index (Phi) is 3.96. The van der Waals surface area contributed by atoms with Crippen LogP contribution in [0.1, 0.15) is 10.5 Å². The van der Waals surface area contributed by atoms with Gasteiger partial charge in [-0.2, -0.15) is 0 Å². The van der Waals surface area contributed by atoms with E-state index in [1.54, 1.807) is 59.8 Å². The first-order valence-electron chi connectivity index (χ1n) is 7.87. The Balaban J connectivity index is 1.71. The lowest BCUT2D eigenvalue weighted by molar-refractivity contribution is 0.102. The highest BCUT2D eigenvalue weighted by Crippen LogP contribution is 2.19. The maximum Gasteiger partial charge on any atom is 0.276 e. The molecule has 3 heterocycles. The minimum absolute atomic E-state index is 0.0331. The normalized spacial score (nSPS) is 11.6. The van der Waals surface area contributed by atoms with Gasteiger partial charge in [0.15, 0.2) is 5.69 Å². The van der Waals surface area contributed by atoms with Gasteiger partial charge in [-0.15, -0.1) is 10.2 Å². The average molecular weight is 382 g/mol. The maximum absolute atomic E-state index is 12.8. The van der Waals surface area contributed by atoms with Crippen molar-refractivity contribution in [3.8, 4) is 5.69 Å². The summed E-state index contributed by atoms with van der Waals surface area (Å²) in [6.45, 7) is 0. The molecule has 0 unspecified atom stereocenters. The number of anilines is 1. The molecular weight excluding hydrogens is 368 g/mol. The van der Waals surface area contributed by atoms with E-state index in [2.05, 4.69) is 20.5 Å². The molecule has 0 spiro atoms. The fraction of sp³-hybridized carbons (Fsp3) is 0.0588. The standard InChI is InChI=1S/C17H14N6O3S/c1-27(25,26)17-21-15(14-7-2-3-8-23(14)17)16(24)20-12-5-4-6-13(9-12)22-10-18-19-11-22/h2-11H,1H3,(H,20,24). The second-order valence-corrected chi connectivity index (χ2v) is 7.75. The second kappa shape index (κ2) is 6.32. The fourth-order valence-electron chi connectivity index (χ4n) is 2.71. The van der Waals surface area contributed by atoms with Crippen LogP contribution in [0.5, 0.6) is 0 Å². The molecule has 1 amide bonds. The molecule has 9 nitrogen and oxygen atoms in total. The van der Waals surface area contributed by atoms with E-state index in [1.165, 1.54) is 4.40 Å². The van der Waals surface area contributed by atoms with Crippen molar-refractivity contribution in [2.24, 2.45) is 0 Å². The molecule has 136 valence electrons. The number of imidazole rings is 1. The number of hydrogen-bond acceptors (Lipinski definition) is 6. The molecule has 0 saturated carbocycles. The van der Waals surface area contributed by atoms with E-state index >= 15 is 0 Å². The molecule has 0 aliphatic carbocycles. The van der Waals surface area contributed by atoms with Crippen LogP contribution in [0.15, 0.2) is 66.5 Å². The third-order valence-electron chi connectivity index (χ3n) is 3.88. The number of sulfone groups is 1. The molecule has 1 N–H and O–H groups in total. The number of benzene rings is 1. The minimum Gasteiger partial charge on any atom is -0.321 e. The quantitative estimate of drug-likeness (QED) is 0.573. The van der Waals surface area contributed by atoms with Crippen molar-refractivity contribution < 1.29 is 13.2 Å². The van der Waals surface area contributed by atoms with E-state index in [0.29, 0.717) is 11.2 Å². The van der Waals surface area contributed by atoms with Gasteiger partial charge in [0, 0.05) is 18.1 Å². The molecule has 4 aromatic rings. The summed E-state index contributed by atoms with van der Waals surface area (Å²) < 4.78 is 27.1. The minimum atomic E-state index is -3.60. The molecule has 0 aliphatic heterocycles. The van der Waals surface area contributed by atoms with Gasteiger partial charge in [-0.3, -0.25) is 13.8 Å². The van der Waals surface area contributed by atoms with Crippen LogP contribution in [0.2, 0.25) is 0 Å². The molecule has 1 aromatic carbocycles. The third-order valence-corrected chi connectivity index (χ3v) is 4.83. The largest absolute Gasteiger partial charge is 0.321 e. The van der Waals surface area contributed by atoms with Crippen molar-refractivity contribution in [1.29, 1.82) is 0 Å². The Hall–Kier alpha value is -3.53. The number of fused-ring (bicyclic) bond motifs is 1. The maximum atomic E-state index is 12.8. The van der Waals surface area contributed by atoms with Crippen LogP contribution in [-0.4, -0.2) is 44.7 Å². The first-order chi connectivity index (χ1) is 12.9. The zero-order valence-corrected chi connectivity index (χ0v) is 15.0. The van der Waals surface area contributed by atoms with Crippen molar-refractivity contribution >= 4 is 26.9 Å². The number of nitrogens with one attached hydrogen (secondary N) is 1. The highest BCUT2D eigenvalue weighted by atomic mass is 32.2. The summed E-state index contributed by atoms with van der Waals surface area (Å²) in [5.74, 6) is -0.505. The Morgan fingerprint density at radius 3 is 2.59 bits per heavy atom. The summed E-state index contributed by atoms with van der Waals surface area (Å²) in [6, 6.07) is 12.1. The van der Waals surface area contributed by atoms with Crippen LogP contribution in [0.3, 0.4) is 0 Å². The van der Waals surface area contributed by atoms with Gasteiger partial charge in [0.1, 0.15) is 12.7 Å². The predicted octanol–water partition coefficient (Wildman–Crippen LogP) is 1.57. The number of amides is 1. The van der Waals surface area contributed by atoms with Crippen LogP contribution < -0.4 is 5.32 Å². The summed E-state index contributed by atoms with van der Waals surface area (Å²) in [5.41, 5.74) is 1.74. The molecule has 0 saturated heterocycles. The summed E-state index contributed by atoms with van der Waals surface area (Å²) >= 11 is 0. The van der Waals surface area contributed by atoms with E-state index in [1.807, 2.05) is 6.07 Å². The van der Waals surface area contributed by atoms with Gasteiger partial charge in [-0.25, -0.2) is 13.4 Å². The lowest BCUT2D eigenvalue weighted by Crippen LogP contribution is -2.13. The van der Waals surface area contributed by atoms with Crippen molar-refractivity contribution in [2.45, 2.75) is 5.16 Å². The topological polar surface area (TPSA) is 111 Å². The van der Waals surface area contributed by atoms with Gasteiger partial charge >= 0.3 is 0 Å². The molecule has 0 fully saturated rings. The summed E-state index contributed by atoms with van der Waals surface area (Å²) in [7, 11) is -3.60. The van der Waals surface area contributed by atoms with Gasteiger partial charge in [0.2, 0.25) is 15.0 Å². The molecule has 0 atom stereocenters. The molecule has 3 aromatic heterocycles. The van der Waals surface area contributed by atoms with Crippen LogP contribution in [0.25, 0.3) is 11.2 Å². The molecule has 0 bridgehead atoms. The summed E-state index contributed by atoms with van der Waals surface area (Å²) in [5, 5.41) is 10.1. The van der Waals surface area contributed by atoms with E-state index in [4.69, 9.17) is 0 Å². The molecular formula is C17H14N6O3S. The van der Waals surface area contributed by atoms with E-state index < -0.39 is 15.7 Å². The van der Waals surface area contributed by atoms with Crippen molar-refractivity contribution in [3.05, 3.63) is 67.0 Å². The summed E-state index contributed by atoms with van der Waals surface area (Å²) in [6.07, 6.45) is 5.70. The number of pyridine rings is 1. The zero-order chi connectivity index (χ0) is 19.0. The Morgan fingerprint density at radius 1 is 1.07 bits per heavy atom. The van der Waals surface area contributed by atoms with Crippen molar-refractivity contribution in [2.75, 3.05) is 11.6 Å².